The summed E-state index contributed by atoms with van der Waals surface area (Å²) in [6, 6.07) is 20.7. The fraction of sp³-hybridized carbons (Fsp3) is 0.387. The minimum absolute atomic E-state index is 0.0251. The van der Waals surface area contributed by atoms with Crippen molar-refractivity contribution in [2.24, 2.45) is 5.92 Å². The van der Waals surface area contributed by atoms with Crippen molar-refractivity contribution in [1.82, 2.24) is 10.3 Å². The third-order valence-corrected chi connectivity index (χ3v) is 7.68. The van der Waals surface area contributed by atoms with E-state index in [-0.39, 0.29) is 11.5 Å². The van der Waals surface area contributed by atoms with Crippen molar-refractivity contribution in [3.63, 3.8) is 0 Å². The van der Waals surface area contributed by atoms with Crippen LogP contribution in [0.25, 0.3) is 5.70 Å². The lowest BCUT2D eigenvalue weighted by molar-refractivity contribution is 0.129. The molecule has 2 nitrogen and oxygen atoms in total. The molecule has 3 aromatic rings. The second kappa shape index (κ2) is 9.55. The van der Waals surface area contributed by atoms with Gasteiger partial charge in [-0.2, -0.15) is 0 Å². The first-order valence-corrected chi connectivity index (χ1v) is 12.4. The molecular formula is C31H38N2. The van der Waals surface area contributed by atoms with Crippen LogP contribution in [0.3, 0.4) is 0 Å². The third-order valence-electron chi connectivity index (χ3n) is 7.68. The van der Waals surface area contributed by atoms with Gasteiger partial charge in [-0.25, -0.2) is 0 Å². The Hall–Kier alpha value is -2.87. The van der Waals surface area contributed by atoms with Gasteiger partial charge in [-0.3, -0.25) is 4.98 Å². The van der Waals surface area contributed by atoms with Gasteiger partial charge in [0.15, 0.2) is 0 Å². The van der Waals surface area contributed by atoms with Gasteiger partial charge in [0.2, 0.25) is 0 Å². The van der Waals surface area contributed by atoms with Crippen molar-refractivity contribution >= 4 is 5.70 Å². The molecule has 1 N–H and O–H groups in total. The third kappa shape index (κ3) is 4.36. The number of hydrogen-bond donors (Lipinski definition) is 1. The van der Waals surface area contributed by atoms with Crippen molar-refractivity contribution in [3.05, 3.63) is 106 Å². The van der Waals surface area contributed by atoms with Crippen LogP contribution in [0.1, 0.15) is 72.2 Å². The summed E-state index contributed by atoms with van der Waals surface area (Å²) in [4.78, 5) is 4.69. The summed E-state index contributed by atoms with van der Waals surface area (Å²) >= 11 is 0. The molecule has 1 saturated carbocycles. The Labute approximate surface area is 200 Å². The molecule has 33 heavy (non-hydrogen) atoms. The Morgan fingerprint density at radius 2 is 1.70 bits per heavy atom. The van der Waals surface area contributed by atoms with E-state index in [1.807, 2.05) is 6.20 Å². The van der Waals surface area contributed by atoms with Gasteiger partial charge in [0.05, 0.1) is 11.4 Å². The maximum absolute atomic E-state index is 4.69. The Morgan fingerprint density at radius 3 is 2.21 bits per heavy atom. The monoisotopic (exact) mass is 438 g/mol. The number of rotatable bonds is 8. The van der Waals surface area contributed by atoms with Gasteiger partial charge in [0.1, 0.15) is 0 Å². The first-order valence-electron chi connectivity index (χ1n) is 12.4. The molecule has 2 aromatic carbocycles. The van der Waals surface area contributed by atoms with Gasteiger partial charge in [0.25, 0.3) is 0 Å². The van der Waals surface area contributed by atoms with Gasteiger partial charge in [-0.1, -0.05) is 79.6 Å². The number of pyridine rings is 1. The molecule has 0 bridgehead atoms. The summed E-state index contributed by atoms with van der Waals surface area (Å²) in [6.07, 6.45) is 6.52. The van der Waals surface area contributed by atoms with E-state index < -0.39 is 0 Å². The Kier molecular flexibility index (Phi) is 6.74. The van der Waals surface area contributed by atoms with Crippen LogP contribution in [-0.4, -0.2) is 11.0 Å². The summed E-state index contributed by atoms with van der Waals surface area (Å²) in [5.74, 6) is 0.483. The number of aromatic nitrogens is 1. The molecule has 0 amide bonds. The molecule has 1 aliphatic carbocycles. The molecular weight excluding hydrogens is 400 g/mol. The summed E-state index contributed by atoms with van der Waals surface area (Å²) in [5.41, 5.74) is 10.1. The molecule has 2 heteroatoms. The highest BCUT2D eigenvalue weighted by Gasteiger charge is 2.51. The van der Waals surface area contributed by atoms with Gasteiger partial charge in [-0.15, -0.1) is 0 Å². The molecule has 1 aromatic heterocycles. The van der Waals surface area contributed by atoms with Crippen LogP contribution in [0, 0.1) is 26.7 Å². The Balaban J connectivity index is 1.66. The van der Waals surface area contributed by atoms with Crippen molar-refractivity contribution in [2.75, 3.05) is 0 Å². The lowest BCUT2D eigenvalue weighted by Gasteiger charge is -2.54. The van der Waals surface area contributed by atoms with E-state index >= 15 is 0 Å². The molecule has 0 aliphatic heterocycles. The van der Waals surface area contributed by atoms with Crippen LogP contribution in [0.4, 0.5) is 0 Å². The average molecular weight is 439 g/mol. The zero-order valence-corrected chi connectivity index (χ0v) is 20.9. The average Bonchev–Trinajstić information content (AvgIpc) is 2.75. The van der Waals surface area contributed by atoms with E-state index in [1.165, 1.54) is 46.2 Å². The van der Waals surface area contributed by atoms with Crippen molar-refractivity contribution in [2.45, 2.75) is 71.8 Å². The number of benzene rings is 2. The van der Waals surface area contributed by atoms with Gasteiger partial charge in [-0.05, 0) is 81.2 Å². The van der Waals surface area contributed by atoms with Gasteiger partial charge < -0.3 is 5.32 Å². The summed E-state index contributed by atoms with van der Waals surface area (Å²) in [6.45, 7) is 15.5. The molecule has 1 heterocycles. The fourth-order valence-electron chi connectivity index (χ4n) is 5.87. The first-order chi connectivity index (χ1) is 15.9. The lowest BCUT2D eigenvalue weighted by Crippen LogP contribution is -2.53. The van der Waals surface area contributed by atoms with E-state index in [2.05, 4.69) is 101 Å². The second-order valence-electron chi connectivity index (χ2n) is 9.96. The first kappa shape index (κ1) is 23.3. The van der Waals surface area contributed by atoms with E-state index in [0.717, 1.165) is 24.2 Å². The highest BCUT2D eigenvalue weighted by atomic mass is 15.0. The number of nitrogens with one attached hydrogen (secondary N) is 1. The molecule has 4 rings (SSSR count). The highest BCUT2D eigenvalue weighted by molar-refractivity contribution is 5.62. The molecule has 1 aliphatic rings. The maximum Gasteiger partial charge on any atom is 0.0886 e. The standard InChI is InChI=1S/C31H38N2/c1-7-10-26-16-18-32-30(23(26)4)25(6)33-24(5)29-15-17-31(29,27-13-8-11-21(2)19-27)28-14-9-12-22(3)20-28/h8-9,11-14,16,18-20,24,29,33H,6-7,10,15,17H2,1-5H3. The molecule has 0 spiro atoms. The lowest BCUT2D eigenvalue weighted by atomic mass is 9.51. The quantitative estimate of drug-likeness (QED) is 0.399. The predicted molar refractivity (Wildman–Crippen MR) is 140 cm³/mol. The van der Waals surface area contributed by atoms with Crippen LogP contribution in [0.15, 0.2) is 67.4 Å². The van der Waals surface area contributed by atoms with E-state index in [0.29, 0.717) is 5.92 Å². The minimum Gasteiger partial charge on any atom is -0.381 e. The predicted octanol–water partition coefficient (Wildman–Crippen LogP) is 7.30. The maximum atomic E-state index is 4.69. The van der Waals surface area contributed by atoms with Crippen LogP contribution >= 0.6 is 0 Å². The van der Waals surface area contributed by atoms with Crippen LogP contribution in [0.5, 0.6) is 0 Å². The summed E-state index contributed by atoms with van der Waals surface area (Å²) < 4.78 is 0. The Morgan fingerprint density at radius 1 is 1.06 bits per heavy atom. The highest BCUT2D eigenvalue weighted by Crippen LogP contribution is 2.55. The SMILES string of the molecule is C=C(NC(C)C1CCC1(c1cccc(C)c1)c1cccc(C)c1)c1nccc(CCC)c1C. The van der Waals surface area contributed by atoms with Crippen molar-refractivity contribution < 1.29 is 0 Å². The molecule has 0 saturated heterocycles. The zero-order chi connectivity index (χ0) is 23.6. The molecule has 0 radical (unpaired) electrons. The number of aryl methyl sites for hydroxylation is 3. The topological polar surface area (TPSA) is 24.9 Å². The zero-order valence-electron chi connectivity index (χ0n) is 20.9. The number of hydrogen-bond acceptors (Lipinski definition) is 2. The minimum atomic E-state index is 0.0251. The van der Waals surface area contributed by atoms with Crippen molar-refractivity contribution in [1.29, 1.82) is 0 Å². The number of nitrogens with zero attached hydrogens (tertiary/aromatic N) is 1. The molecule has 172 valence electrons. The fourth-order valence-corrected chi connectivity index (χ4v) is 5.87. The van der Waals surface area contributed by atoms with E-state index in [9.17, 15) is 0 Å². The molecule has 2 unspecified atom stereocenters. The summed E-state index contributed by atoms with van der Waals surface area (Å²) in [5, 5.41) is 3.77. The van der Waals surface area contributed by atoms with Crippen LogP contribution in [-0.2, 0) is 11.8 Å². The normalized spacial score (nSPS) is 17.8. The van der Waals surface area contributed by atoms with E-state index in [4.69, 9.17) is 4.98 Å². The van der Waals surface area contributed by atoms with Gasteiger partial charge in [0, 0.05) is 17.7 Å². The van der Waals surface area contributed by atoms with Gasteiger partial charge >= 0.3 is 0 Å². The largest absolute Gasteiger partial charge is 0.381 e. The van der Waals surface area contributed by atoms with Crippen LogP contribution in [0.2, 0.25) is 0 Å². The Bertz CT molecular complexity index is 1100. The van der Waals surface area contributed by atoms with E-state index in [1.54, 1.807) is 0 Å². The molecule has 2 atom stereocenters. The summed E-state index contributed by atoms with van der Waals surface area (Å²) in [7, 11) is 0. The molecule has 1 fully saturated rings. The smallest absolute Gasteiger partial charge is 0.0886 e. The van der Waals surface area contributed by atoms with Crippen LogP contribution < -0.4 is 5.32 Å². The second-order valence-corrected chi connectivity index (χ2v) is 9.96. The van der Waals surface area contributed by atoms with Crippen molar-refractivity contribution in [3.8, 4) is 0 Å².